The molecular formula is C25H34N6O6. The number of esters is 1. The van der Waals surface area contributed by atoms with Crippen molar-refractivity contribution in [2.24, 2.45) is 11.8 Å². The third-order valence-corrected chi connectivity index (χ3v) is 6.69. The molecule has 0 aromatic carbocycles. The van der Waals surface area contributed by atoms with Gasteiger partial charge in [-0.15, -0.1) is 0 Å². The molecule has 1 amide bonds. The van der Waals surface area contributed by atoms with E-state index in [1.165, 1.54) is 10.9 Å². The van der Waals surface area contributed by atoms with Gasteiger partial charge in [-0.25, -0.2) is 15.0 Å². The van der Waals surface area contributed by atoms with Gasteiger partial charge in [0, 0.05) is 13.0 Å². The number of carbonyl (C=O) groups is 2. The molecule has 1 aliphatic carbocycles. The monoisotopic (exact) mass is 514 g/mol. The van der Waals surface area contributed by atoms with E-state index in [4.69, 9.17) is 15.2 Å². The third-order valence-electron chi connectivity index (χ3n) is 6.69. The third kappa shape index (κ3) is 5.84. The lowest BCUT2D eigenvalue weighted by Gasteiger charge is -2.26. The minimum absolute atomic E-state index is 0.0447. The van der Waals surface area contributed by atoms with Crippen LogP contribution in [0.15, 0.2) is 6.33 Å². The van der Waals surface area contributed by atoms with Gasteiger partial charge in [-0.1, -0.05) is 5.92 Å². The molecule has 200 valence electrons. The Hall–Kier alpha value is -3.27. The first-order valence-electron chi connectivity index (χ1n) is 12.7. The summed E-state index contributed by atoms with van der Waals surface area (Å²) < 4.78 is 12.4. The van der Waals surface area contributed by atoms with Gasteiger partial charge in [0.2, 0.25) is 5.82 Å². The highest BCUT2D eigenvalue weighted by atomic mass is 16.6. The zero-order valence-electron chi connectivity index (χ0n) is 21.3. The molecule has 2 aliphatic rings. The molecule has 4 atom stereocenters. The van der Waals surface area contributed by atoms with Crippen LogP contribution in [-0.2, 0) is 19.1 Å². The zero-order chi connectivity index (χ0) is 26.7. The minimum atomic E-state index is -1.42. The number of nitrogens with one attached hydrogen (secondary N) is 1. The van der Waals surface area contributed by atoms with Crippen molar-refractivity contribution in [2.45, 2.75) is 83.5 Å². The Balaban J connectivity index is 1.45. The summed E-state index contributed by atoms with van der Waals surface area (Å²) in [5, 5.41) is 23.5. The van der Waals surface area contributed by atoms with E-state index in [1.54, 1.807) is 6.92 Å². The zero-order valence-corrected chi connectivity index (χ0v) is 21.3. The van der Waals surface area contributed by atoms with Crippen molar-refractivity contribution in [3.8, 4) is 11.8 Å². The molecule has 12 nitrogen and oxygen atoms in total. The van der Waals surface area contributed by atoms with Crippen LogP contribution in [0.1, 0.15) is 64.9 Å². The quantitative estimate of drug-likeness (QED) is 0.317. The topological polar surface area (TPSA) is 175 Å². The SMILES string of the molecule is CCNC(=O)[C@H]1O[C@@H](n2cnc3c(N)nc(C#CCC4CCC(C(=O)OC(C)C)CC4)nc32)C(O)[C@H]1O. The molecular weight excluding hydrogens is 480 g/mol. The average molecular weight is 515 g/mol. The molecule has 2 aromatic heterocycles. The van der Waals surface area contributed by atoms with E-state index >= 15 is 0 Å². The molecule has 1 unspecified atom stereocenters. The van der Waals surface area contributed by atoms with E-state index < -0.39 is 30.4 Å². The molecule has 1 saturated carbocycles. The summed E-state index contributed by atoms with van der Waals surface area (Å²) in [7, 11) is 0. The van der Waals surface area contributed by atoms with Crippen LogP contribution in [0.25, 0.3) is 11.2 Å². The molecule has 1 saturated heterocycles. The maximum absolute atomic E-state index is 12.2. The van der Waals surface area contributed by atoms with Crippen LogP contribution in [-0.4, -0.2) is 72.6 Å². The number of imidazole rings is 1. The second-order valence-electron chi connectivity index (χ2n) is 9.79. The van der Waals surface area contributed by atoms with E-state index in [1.807, 2.05) is 13.8 Å². The molecule has 3 heterocycles. The number of aliphatic hydroxyl groups is 2. The number of anilines is 1. The smallest absolute Gasteiger partial charge is 0.309 e. The summed E-state index contributed by atoms with van der Waals surface area (Å²) >= 11 is 0. The molecule has 0 radical (unpaired) electrons. The maximum atomic E-state index is 12.2. The van der Waals surface area contributed by atoms with Crippen molar-refractivity contribution in [3.63, 3.8) is 0 Å². The molecule has 37 heavy (non-hydrogen) atoms. The number of nitrogens with zero attached hydrogens (tertiary/aromatic N) is 4. The summed E-state index contributed by atoms with van der Waals surface area (Å²) in [5.74, 6) is 6.07. The molecule has 0 bridgehead atoms. The van der Waals surface area contributed by atoms with Crippen molar-refractivity contribution >= 4 is 28.9 Å². The molecule has 2 fully saturated rings. The number of nitrogen functional groups attached to an aromatic ring is 1. The van der Waals surface area contributed by atoms with Crippen molar-refractivity contribution in [2.75, 3.05) is 12.3 Å². The standard InChI is InChI=1S/C25H34N6O6/c1-4-27-23(34)20-18(32)19(33)24(37-20)31-12-28-17-21(26)29-16(30-22(17)31)7-5-6-14-8-10-15(11-9-14)25(35)36-13(2)3/h12-15,18-20,24,32-33H,4,6,8-11H2,1-3H3,(H,27,34)(H2,26,29,30)/t14?,15?,18-,19?,20+,24-/m1/s1. The Morgan fingerprint density at radius 3 is 2.65 bits per heavy atom. The number of aliphatic hydroxyl groups excluding tert-OH is 2. The van der Waals surface area contributed by atoms with Gasteiger partial charge in [0.1, 0.15) is 17.7 Å². The average Bonchev–Trinajstić information content (AvgIpc) is 3.40. The van der Waals surface area contributed by atoms with E-state index in [2.05, 4.69) is 32.1 Å². The molecule has 2 aromatic rings. The molecule has 0 spiro atoms. The predicted molar refractivity (Wildman–Crippen MR) is 133 cm³/mol. The normalized spacial score (nSPS) is 27.6. The van der Waals surface area contributed by atoms with Crippen molar-refractivity contribution < 1.29 is 29.3 Å². The number of nitrogens with two attached hydrogens (primary N) is 1. The molecule has 4 rings (SSSR count). The Bertz CT molecular complexity index is 1200. The van der Waals surface area contributed by atoms with Gasteiger partial charge in [0.15, 0.2) is 23.8 Å². The van der Waals surface area contributed by atoms with E-state index in [0.717, 1.165) is 25.7 Å². The van der Waals surface area contributed by atoms with Crippen LogP contribution >= 0.6 is 0 Å². The van der Waals surface area contributed by atoms with Crippen LogP contribution in [0.2, 0.25) is 0 Å². The van der Waals surface area contributed by atoms with Crippen molar-refractivity contribution in [3.05, 3.63) is 12.2 Å². The van der Waals surface area contributed by atoms with Gasteiger partial charge in [0.05, 0.1) is 18.3 Å². The summed E-state index contributed by atoms with van der Waals surface area (Å²) in [4.78, 5) is 37.2. The van der Waals surface area contributed by atoms with Crippen molar-refractivity contribution in [1.29, 1.82) is 0 Å². The van der Waals surface area contributed by atoms with Crippen molar-refractivity contribution in [1.82, 2.24) is 24.8 Å². The number of amides is 1. The maximum Gasteiger partial charge on any atom is 0.309 e. The first-order chi connectivity index (χ1) is 17.7. The van der Waals surface area contributed by atoms with Gasteiger partial charge in [-0.3, -0.25) is 14.2 Å². The molecule has 5 N–H and O–H groups in total. The van der Waals surface area contributed by atoms with Gasteiger partial charge >= 0.3 is 5.97 Å². The second kappa shape index (κ2) is 11.4. The summed E-state index contributed by atoms with van der Waals surface area (Å²) in [6.45, 7) is 5.81. The number of aromatic nitrogens is 4. The number of rotatable bonds is 6. The van der Waals surface area contributed by atoms with Crippen LogP contribution in [0.3, 0.4) is 0 Å². The number of fused-ring (bicyclic) bond motifs is 1. The Morgan fingerprint density at radius 2 is 1.97 bits per heavy atom. The first kappa shape index (κ1) is 26.8. The minimum Gasteiger partial charge on any atom is -0.463 e. The number of likely N-dealkylation sites (N-methyl/N-ethyl adjacent to an activating group) is 1. The second-order valence-corrected chi connectivity index (χ2v) is 9.79. The number of carbonyl (C=O) groups excluding carboxylic acids is 2. The van der Waals surface area contributed by atoms with Gasteiger partial charge in [-0.05, 0) is 58.3 Å². The predicted octanol–water partition coefficient (Wildman–Crippen LogP) is 0.663. The Kier molecular flexibility index (Phi) is 8.26. The number of ether oxygens (including phenoxy) is 2. The largest absolute Gasteiger partial charge is 0.463 e. The lowest BCUT2D eigenvalue weighted by atomic mass is 9.80. The fourth-order valence-corrected chi connectivity index (χ4v) is 4.77. The number of hydrogen-bond donors (Lipinski definition) is 4. The van der Waals surface area contributed by atoms with Gasteiger partial charge < -0.3 is 30.7 Å². The van der Waals surface area contributed by atoms with Gasteiger partial charge in [0.25, 0.3) is 5.91 Å². The summed E-state index contributed by atoms with van der Waals surface area (Å²) in [6.07, 6.45) is 0.136. The van der Waals surface area contributed by atoms with E-state index in [-0.39, 0.29) is 35.3 Å². The number of hydrogen-bond acceptors (Lipinski definition) is 10. The lowest BCUT2D eigenvalue weighted by molar-refractivity contribution is -0.153. The first-order valence-corrected chi connectivity index (χ1v) is 12.7. The summed E-state index contributed by atoms with van der Waals surface area (Å²) in [6, 6.07) is 0. The molecule has 12 heteroatoms. The van der Waals surface area contributed by atoms with E-state index in [0.29, 0.717) is 24.4 Å². The molecule has 1 aliphatic heterocycles. The van der Waals surface area contributed by atoms with Crippen LogP contribution < -0.4 is 11.1 Å². The van der Waals surface area contributed by atoms with E-state index in [9.17, 15) is 19.8 Å². The highest BCUT2D eigenvalue weighted by Gasteiger charge is 2.47. The Morgan fingerprint density at radius 1 is 1.24 bits per heavy atom. The van der Waals surface area contributed by atoms with Crippen LogP contribution in [0, 0.1) is 23.7 Å². The van der Waals surface area contributed by atoms with Crippen LogP contribution in [0.4, 0.5) is 5.82 Å². The lowest BCUT2D eigenvalue weighted by Crippen LogP contribution is -2.42. The fraction of sp³-hybridized carbons (Fsp3) is 0.640. The highest BCUT2D eigenvalue weighted by Crippen LogP contribution is 2.33. The fourth-order valence-electron chi connectivity index (χ4n) is 4.77. The highest BCUT2D eigenvalue weighted by molar-refractivity contribution is 5.83. The van der Waals surface area contributed by atoms with Crippen LogP contribution in [0.5, 0.6) is 0 Å². The Labute approximate surface area is 215 Å². The van der Waals surface area contributed by atoms with Gasteiger partial charge in [-0.2, -0.15) is 0 Å². The summed E-state index contributed by atoms with van der Waals surface area (Å²) in [5.41, 5.74) is 6.65.